The van der Waals surface area contributed by atoms with Crippen molar-refractivity contribution in [3.8, 4) is 0 Å². The third kappa shape index (κ3) is 6.42. The summed E-state index contributed by atoms with van der Waals surface area (Å²) < 4.78 is 1.85. The molecule has 0 unspecified atom stereocenters. The average Bonchev–Trinajstić information content (AvgIpc) is 3.25. The molecule has 0 saturated heterocycles. The Morgan fingerprint density at radius 3 is 2.33 bits per heavy atom. The van der Waals surface area contributed by atoms with E-state index in [2.05, 4.69) is 53.5 Å². The van der Waals surface area contributed by atoms with Crippen LogP contribution in [-0.2, 0) is 12.0 Å². The molecule has 0 atom stereocenters. The highest BCUT2D eigenvalue weighted by atomic mass is 16.2. The van der Waals surface area contributed by atoms with Crippen LogP contribution in [0.1, 0.15) is 74.0 Å². The molecule has 1 saturated carbocycles. The molecule has 0 spiro atoms. The van der Waals surface area contributed by atoms with Gasteiger partial charge in [0, 0.05) is 37.7 Å². The predicted molar refractivity (Wildman–Crippen MR) is 145 cm³/mol. The number of hydrogen-bond acceptors (Lipinski definition) is 6. The number of amides is 1. The van der Waals surface area contributed by atoms with E-state index in [4.69, 9.17) is 5.10 Å². The monoisotopic (exact) mass is 489 g/mol. The highest BCUT2D eigenvalue weighted by molar-refractivity contribution is 5.93. The smallest absolute Gasteiger partial charge is 0.269 e. The molecule has 1 aliphatic carbocycles. The minimum absolute atomic E-state index is 0.0487. The molecular formula is C28H39N7O. The molecule has 1 aromatic carbocycles. The van der Waals surface area contributed by atoms with Crippen LogP contribution in [0.5, 0.6) is 0 Å². The zero-order valence-corrected chi connectivity index (χ0v) is 22.4. The van der Waals surface area contributed by atoms with Crippen molar-refractivity contribution in [2.45, 2.75) is 77.4 Å². The quantitative estimate of drug-likeness (QED) is 0.506. The summed E-state index contributed by atoms with van der Waals surface area (Å²) in [5.41, 5.74) is 2.54. The van der Waals surface area contributed by atoms with Gasteiger partial charge in [0.25, 0.3) is 5.91 Å². The van der Waals surface area contributed by atoms with Gasteiger partial charge >= 0.3 is 0 Å². The van der Waals surface area contributed by atoms with E-state index in [0.29, 0.717) is 18.3 Å². The molecule has 192 valence electrons. The molecule has 36 heavy (non-hydrogen) atoms. The van der Waals surface area contributed by atoms with Gasteiger partial charge in [-0.05, 0) is 44.2 Å². The molecule has 2 N–H and O–H groups in total. The molecule has 4 rings (SSSR count). The van der Waals surface area contributed by atoms with Crippen LogP contribution in [0.25, 0.3) is 0 Å². The topological polar surface area (TPSA) is 88.0 Å². The van der Waals surface area contributed by atoms with E-state index in [0.717, 1.165) is 54.4 Å². The fourth-order valence-corrected chi connectivity index (χ4v) is 4.55. The highest BCUT2D eigenvalue weighted by Gasteiger charge is 2.27. The van der Waals surface area contributed by atoms with Gasteiger partial charge in [0.15, 0.2) is 0 Å². The van der Waals surface area contributed by atoms with Gasteiger partial charge in [-0.25, -0.2) is 9.97 Å². The summed E-state index contributed by atoms with van der Waals surface area (Å²) in [6.07, 6.45) is 3.80. The van der Waals surface area contributed by atoms with E-state index in [9.17, 15) is 4.79 Å². The molecule has 1 aliphatic rings. The second kappa shape index (κ2) is 10.7. The average molecular weight is 490 g/mol. The minimum atomic E-state index is -0.132. The van der Waals surface area contributed by atoms with Crippen molar-refractivity contribution < 1.29 is 4.79 Å². The first-order chi connectivity index (χ1) is 17.1. The number of benzene rings is 1. The summed E-state index contributed by atoms with van der Waals surface area (Å²) >= 11 is 0. The van der Waals surface area contributed by atoms with Crippen molar-refractivity contribution in [1.29, 1.82) is 0 Å². The van der Waals surface area contributed by atoms with Gasteiger partial charge in [0.2, 0.25) is 0 Å². The van der Waals surface area contributed by atoms with Gasteiger partial charge in [-0.3, -0.25) is 9.48 Å². The normalized spacial score (nSPS) is 18.1. The van der Waals surface area contributed by atoms with Crippen molar-refractivity contribution in [3.05, 3.63) is 65.2 Å². The number of aromatic nitrogens is 4. The van der Waals surface area contributed by atoms with E-state index in [-0.39, 0.29) is 17.4 Å². The minimum Gasteiger partial charge on any atom is -0.367 e. The van der Waals surface area contributed by atoms with Crippen LogP contribution in [0.3, 0.4) is 0 Å². The Hall–Kier alpha value is -3.42. The zero-order valence-electron chi connectivity index (χ0n) is 22.4. The van der Waals surface area contributed by atoms with Crippen LogP contribution >= 0.6 is 0 Å². The number of rotatable bonds is 7. The van der Waals surface area contributed by atoms with E-state index < -0.39 is 0 Å². The number of nitrogens with zero attached hydrogens (tertiary/aromatic N) is 5. The lowest BCUT2D eigenvalue weighted by Gasteiger charge is -2.30. The molecule has 3 aromatic rings. The fourth-order valence-electron chi connectivity index (χ4n) is 4.55. The Balaban J connectivity index is 1.39. The van der Waals surface area contributed by atoms with Gasteiger partial charge in [-0.1, -0.05) is 51.1 Å². The fraction of sp³-hybridized carbons (Fsp3) is 0.500. The Morgan fingerprint density at radius 1 is 1.03 bits per heavy atom. The standard InChI is InChI=1S/C28H39N7O/c1-19-29-25(17-26(30-19)34(5)6)31-21-12-14-22(15-13-21)32-27(36)23-16-24(28(2,3)4)33-35(23)18-20-10-8-7-9-11-20/h7-11,16-17,21-22H,12-15,18H2,1-6H3,(H,32,36)(H,29,30,31). The first kappa shape index (κ1) is 25.7. The number of anilines is 2. The number of hydrogen-bond donors (Lipinski definition) is 2. The number of carbonyl (C=O) groups is 1. The predicted octanol–water partition coefficient (Wildman–Crippen LogP) is 4.55. The van der Waals surface area contributed by atoms with Crippen LogP contribution in [0, 0.1) is 6.92 Å². The van der Waals surface area contributed by atoms with Crippen molar-refractivity contribution in [3.63, 3.8) is 0 Å². The summed E-state index contributed by atoms with van der Waals surface area (Å²) in [5.74, 6) is 2.46. The molecule has 2 aromatic heterocycles. The van der Waals surface area contributed by atoms with E-state index in [1.54, 1.807) is 0 Å². The maximum Gasteiger partial charge on any atom is 0.269 e. The number of aryl methyl sites for hydroxylation is 1. The van der Waals surface area contributed by atoms with Gasteiger partial charge in [0.05, 0.1) is 12.2 Å². The Bertz CT molecular complexity index is 1170. The SMILES string of the molecule is Cc1nc(NC2CCC(NC(=O)c3cc(C(C)(C)C)nn3Cc3ccccc3)CC2)cc(N(C)C)n1. The summed E-state index contributed by atoms with van der Waals surface area (Å²) in [6.45, 7) is 8.86. The maximum absolute atomic E-state index is 13.4. The van der Waals surface area contributed by atoms with Crippen molar-refractivity contribution in [2.75, 3.05) is 24.3 Å². The van der Waals surface area contributed by atoms with Crippen LogP contribution in [-0.4, -0.2) is 51.8 Å². The molecule has 2 heterocycles. The Labute approximate surface area is 214 Å². The third-order valence-corrected chi connectivity index (χ3v) is 6.65. The van der Waals surface area contributed by atoms with Crippen molar-refractivity contribution >= 4 is 17.5 Å². The number of carbonyl (C=O) groups excluding carboxylic acids is 1. The second-order valence-corrected chi connectivity index (χ2v) is 11.0. The van der Waals surface area contributed by atoms with Gasteiger partial charge < -0.3 is 15.5 Å². The van der Waals surface area contributed by atoms with E-state index in [1.807, 2.05) is 60.9 Å². The maximum atomic E-state index is 13.4. The lowest BCUT2D eigenvalue weighted by Crippen LogP contribution is -2.41. The summed E-state index contributed by atoms with van der Waals surface area (Å²) in [6, 6.07) is 14.6. The Morgan fingerprint density at radius 2 is 1.69 bits per heavy atom. The number of nitrogens with one attached hydrogen (secondary N) is 2. The van der Waals surface area contributed by atoms with Crippen LogP contribution < -0.4 is 15.5 Å². The first-order valence-corrected chi connectivity index (χ1v) is 12.8. The van der Waals surface area contributed by atoms with Crippen LogP contribution in [0.15, 0.2) is 42.5 Å². The summed E-state index contributed by atoms with van der Waals surface area (Å²) in [5, 5.41) is 11.7. The first-order valence-electron chi connectivity index (χ1n) is 12.8. The van der Waals surface area contributed by atoms with Crippen LogP contribution in [0.2, 0.25) is 0 Å². The lowest BCUT2D eigenvalue weighted by molar-refractivity contribution is 0.0916. The van der Waals surface area contributed by atoms with Gasteiger partial charge in [-0.15, -0.1) is 0 Å². The molecular weight excluding hydrogens is 450 g/mol. The molecule has 1 amide bonds. The van der Waals surface area contributed by atoms with E-state index >= 15 is 0 Å². The molecule has 1 fully saturated rings. The largest absolute Gasteiger partial charge is 0.367 e. The zero-order chi connectivity index (χ0) is 25.9. The van der Waals surface area contributed by atoms with Gasteiger partial charge in [0.1, 0.15) is 23.2 Å². The molecule has 0 radical (unpaired) electrons. The summed E-state index contributed by atoms with van der Waals surface area (Å²) in [7, 11) is 3.96. The molecule has 8 heteroatoms. The molecule has 8 nitrogen and oxygen atoms in total. The highest BCUT2D eigenvalue weighted by Crippen LogP contribution is 2.25. The van der Waals surface area contributed by atoms with Crippen molar-refractivity contribution in [2.24, 2.45) is 0 Å². The van der Waals surface area contributed by atoms with Crippen LogP contribution in [0.4, 0.5) is 11.6 Å². The Kier molecular flexibility index (Phi) is 7.62. The second-order valence-electron chi connectivity index (χ2n) is 11.0. The van der Waals surface area contributed by atoms with Gasteiger partial charge in [-0.2, -0.15) is 5.10 Å². The molecule has 0 bridgehead atoms. The third-order valence-electron chi connectivity index (χ3n) is 6.65. The lowest BCUT2D eigenvalue weighted by atomic mass is 9.90. The summed E-state index contributed by atoms with van der Waals surface area (Å²) in [4.78, 5) is 24.4. The molecule has 0 aliphatic heterocycles. The van der Waals surface area contributed by atoms with E-state index in [1.165, 1.54) is 0 Å². The van der Waals surface area contributed by atoms with Crippen molar-refractivity contribution in [1.82, 2.24) is 25.1 Å².